The topological polar surface area (TPSA) is 56.0 Å². The molecule has 1 aromatic heterocycles. The fourth-order valence-electron chi connectivity index (χ4n) is 2.19. The molecule has 1 heterocycles. The summed E-state index contributed by atoms with van der Waals surface area (Å²) in [5, 5.41) is 12.2. The molecule has 0 fully saturated rings. The van der Waals surface area contributed by atoms with Crippen LogP contribution in [-0.4, -0.2) is 9.91 Å². The summed E-state index contributed by atoms with van der Waals surface area (Å²) in [4.78, 5) is 14.1. The Bertz CT molecular complexity index is 860. The number of pyridine rings is 1. The van der Waals surface area contributed by atoms with Crippen LogP contribution in [0.15, 0.2) is 48.7 Å². The number of nitro groups is 1. The molecule has 0 saturated heterocycles. The SMILES string of the molecule is O=[N+]([O-])c1cc(F)c(F)c(-c2nccc3ccccc23)c1. The minimum absolute atomic E-state index is 0.174. The van der Waals surface area contributed by atoms with Crippen LogP contribution in [-0.2, 0) is 0 Å². The van der Waals surface area contributed by atoms with Gasteiger partial charge in [0.1, 0.15) is 0 Å². The molecule has 0 spiro atoms. The summed E-state index contributed by atoms with van der Waals surface area (Å²) in [6.07, 6.45) is 1.45. The smallest absolute Gasteiger partial charge is 0.258 e. The average Bonchev–Trinajstić information content (AvgIpc) is 2.49. The van der Waals surface area contributed by atoms with E-state index in [0.717, 1.165) is 11.5 Å². The highest BCUT2D eigenvalue weighted by atomic mass is 19.2. The monoisotopic (exact) mass is 286 g/mol. The van der Waals surface area contributed by atoms with Crippen molar-refractivity contribution in [3.05, 3.63) is 70.4 Å². The number of rotatable bonds is 2. The Morgan fingerprint density at radius 2 is 1.86 bits per heavy atom. The van der Waals surface area contributed by atoms with E-state index in [1.807, 2.05) is 0 Å². The highest BCUT2D eigenvalue weighted by Gasteiger charge is 2.20. The average molecular weight is 286 g/mol. The number of aromatic nitrogens is 1. The molecule has 0 unspecified atom stereocenters. The van der Waals surface area contributed by atoms with Crippen molar-refractivity contribution in [3.8, 4) is 11.3 Å². The van der Waals surface area contributed by atoms with Crippen LogP contribution in [0, 0.1) is 21.7 Å². The Labute approximate surface area is 117 Å². The lowest BCUT2D eigenvalue weighted by Gasteiger charge is -2.07. The predicted molar refractivity (Wildman–Crippen MR) is 73.7 cm³/mol. The zero-order valence-electron chi connectivity index (χ0n) is 10.6. The number of hydrogen-bond donors (Lipinski definition) is 0. The van der Waals surface area contributed by atoms with Crippen LogP contribution in [0.5, 0.6) is 0 Å². The van der Waals surface area contributed by atoms with Crippen LogP contribution in [0.4, 0.5) is 14.5 Å². The van der Waals surface area contributed by atoms with Gasteiger partial charge in [-0.2, -0.15) is 0 Å². The zero-order valence-corrected chi connectivity index (χ0v) is 10.6. The van der Waals surface area contributed by atoms with E-state index in [1.165, 1.54) is 6.20 Å². The van der Waals surface area contributed by atoms with Gasteiger partial charge in [-0.15, -0.1) is 0 Å². The van der Waals surface area contributed by atoms with Gasteiger partial charge in [0.05, 0.1) is 16.7 Å². The molecular formula is C15H8F2N2O2. The molecule has 6 heteroatoms. The van der Waals surface area contributed by atoms with Crippen molar-refractivity contribution < 1.29 is 13.7 Å². The molecule has 3 aromatic rings. The van der Waals surface area contributed by atoms with Gasteiger partial charge < -0.3 is 0 Å². The Hall–Kier alpha value is -2.89. The molecule has 0 saturated carbocycles. The summed E-state index contributed by atoms with van der Waals surface area (Å²) in [5.41, 5.74) is -0.565. The third kappa shape index (κ3) is 2.20. The number of non-ortho nitro benzene ring substituents is 1. The first kappa shape index (κ1) is 13.1. The summed E-state index contributed by atoms with van der Waals surface area (Å²) in [6, 6.07) is 10.3. The molecule has 0 aliphatic heterocycles. The van der Waals surface area contributed by atoms with Gasteiger partial charge in [0, 0.05) is 23.2 Å². The van der Waals surface area contributed by atoms with Crippen LogP contribution >= 0.6 is 0 Å². The van der Waals surface area contributed by atoms with E-state index < -0.39 is 22.2 Å². The fraction of sp³-hybridized carbons (Fsp3) is 0. The third-order valence-corrected chi connectivity index (χ3v) is 3.15. The van der Waals surface area contributed by atoms with Gasteiger partial charge in [-0.05, 0) is 11.5 Å². The first-order valence-electron chi connectivity index (χ1n) is 6.05. The van der Waals surface area contributed by atoms with Gasteiger partial charge in [0.15, 0.2) is 11.6 Å². The molecule has 0 atom stereocenters. The maximum Gasteiger partial charge on any atom is 0.273 e. The van der Waals surface area contributed by atoms with E-state index in [0.29, 0.717) is 11.5 Å². The highest BCUT2D eigenvalue weighted by molar-refractivity contribution is 5.94. The third-order valence-electron chi connectivity index (χ3n) is 3.15. The number of nitro benzene ring substituents is 1. The van der Waals surface area contributed by atoms with Crippen molar-refractivity contribution >= 4 is 16.5 Å². The van der Waals surface area contributed by atoms with Crippen LogP contribution in [0.1, 0.15) is 0 Å². The lowest BCUT2D eigenvalue weighted by Crippen LogP contribution is -1.97. The summed E-state index contributed by atoms with van der Waals surface area (Å²) < 4.78 is 27.6. The molecular weight excluding hydrogens is 278 g/mol. The standard InChI is InChI=1S/C15H8F2N2O2/c16-13-8-10(19(20)21)7-12(14(13)17)15-11-4-2-1-3-9(11)5-6-18-15/h1-8H. The number of hydrogen-bond acceptors (Lipinski definition) is 3. The van der Waals surface area contributed by atoms with Gasteiger partial charge in [0.2, 0.25) is 0 Å². The van der Waals surface area contributed by atoms with E-state index in [4.69, 9.17) is 0 Å². The molecule has 2 aromatic carbocycles. The first-order chi connectivity index (χ1) is 10.1. The summed E-state index contributed by atoms with van der Waals surface area (Å²) in [5.74, 6) is -2.42. The second-order valence-electron chi connectivity index (χ2n) is 4.43. The normalized spacial score (nSPS) is 10.8. The minimum Gasteiger partial charge on any atom is -0.258 e. The second kappa shape index (κ2) is 4.90. The zero-order chi connectivity index (χ0) is 15.0. The molecule has 0 bridgehead atoms. The van der Waals surface area contributed by atoms with Gasteiger partial charge in [-0.3, -0.25) is 15.1 Å². The molecule has 0 aliphatic carbocycles. The van der Waals surface area contributed by atoms with Gasteiger partial charge in [-0.25, -0.2) is 8.78 Å². The molecule has 3 rings (SSSR count). The van der Waals surface area contributed by atoms with Gasteiger partial charge >= 0.3 is 0 Å². The lowest BCUT2D eigenvalue weighted by molar-refractivity contribution is -0.385. The molecule has 0 amide bonds. The number of halogens is 2. The highest BCUT2D eigenvalue weighted by Crippen LogP contribution is 2.32. The van der Waals surface area contributed by atoms with Crippen LogP contribution in [0.25, 0.3) is 22.0 Å². The number of nitrogens with zero attached hydrogens (tertiary/aromatic N) is 2. The van der Waals surface area contributed by atoms with Crippen molar-refractivity contribution in [2.24, 2.45) is 0 Å². The van der Waals surface area contributed by atoms with Crippen LogP contribution in [0.3, 0.4) is 0 Å². The minimum atomic E-state index is -1.27. The lowest BCUT2D eigenvalue weighted by atomic mass is 10.0. The van der Waals surface area contributed by atoms with E-state index in [-0.39, 0.29) is 11.3 Å². The van der Waals surface area contributed by atoms with Gasteiger partial charge in [-0.1, -0.05) is 24.3 Å². The molecule has 104 valence electrons. The van der Waals surface area contributed by atoms with Crippen LogP contribution in [0.2, 0.25) is 0 Å². The fourth-order valence-corrected chi connectivity index (χ4v) is 2.19. The molecule has 0 radical (unpaired) electrons. The van der Waals surface area contributed by atoms with Crippen molar-refractivity contribution in [2.75, 3.05) is 0 Å². The Morgan fingerprint density at radius 1 is 1.10 bits per heavy atom. The maximum atomic E-state index is 14.0. The quantitative estimate of drug-likeness (QED) is 0.526. The summed E-state index contributed by atoms with van der Waals surface area (Å²) in [7, 11) is 0. The molecule has 4 nitrogen and oxygen atoms in total. The van der Waals surface area contributed by atoms with E-state index in [2.05, 4.69) is 4.98 Å². The summed E-state index contributed by atoms with van der Waals surface area (Å²) >= 11 is 0. The van der Waals surface area contributed by atoms with E-state index >= 15 is 0 Å². The first-order valence-corrected chi connectivity index (χ1v) is 6.05. The molecule has 0 N–H and O–H groups in total. The molecule has 21 heavy (non-hydrogen) atoms. The van der Waals surface area contributed by atoms with Crippen LogP contribution < -0.4 is 0 Å². The van der Waals surface area contributed by atoms with Crippen molar-refractivity contribution in [3.63, 3.8) is 0 Å². The van der Waals surface area contributed by atoms with Crippen molar-refractivity contribution in [1.29, 1.82) is 0 Å². The number of benzene rings is 2. The maximum absolute atomic E-state index is 14.0. The Morgan fingerprint density at radius 3 is 2.62 bits per heavy atom. The van der Waals surface area contributed by atoms with Gasteiger partial charge in [0.25, 0.3) is 5.69 Å². The van der Waals surface area contributed by atoms with Crippen molar-refractivity contribution in [1.82, 2.24) is 4.98 Å². The van der Waals surface area contributed by atoms with E-state index in [9.17, 15) is 18.9 Å². The Kier molecular flexibility index (Phi) is 3.06. The predicted octanol–water partition coefficient (Wildman–Crippen LogP) is 4.09. The Balaban J connectivity index is 2.35. The largest absolute Gasteiger partial charge is 0.273 e. The molecule has 0 aliphatic rings. The number of fused-ring (bicyclic) bond motifs is 1. The second-order valence-corrected chi connectivity index (χ2v) is 4.43. The van der Waals surface area contributed by atoms with Crippen molar-refractivity contribution in [2.45, 2.75) is 0 Å². The van der Waals surface area contributed by atoms with E-state index in [1.54, 1.807) is 30.3 Å². The summed E-state index contributed by atoms with van der Waals surface area (Å²) in [6.45, 7) is 0.